The van der Waals surface area contributed by atoms with Crippen LogP contribution in [0.15, 0.2) is 42.5 Å². The number of hydrogen-bond donors (Lipinski definition) is 2. The van der Waals surface area contributed by atoms with Crippen molar-refractivity contribution < 1.29 is 14.5 Å². The predicted octanol–water partition coefficient (Wildman–Crippen LogP) is 4.04. The number of carbonyl (C=O) groups is 1. The van der Waals surface area contributed by atoms with Crippen molar-refractivity contribution >= 4 is 23.2 Å². The number of halogens is 1. The van der Waals surface area contributed by atoms with Gasteiger partial charge in [0.2, 0.25) is 5.75 Å². The highest BCUT2D eigenvalue weighted by Crippen LogP contribution is 2.33. The second-order valence-corrected chi connectivity index (χ2v) is 7.02. The molecule has 8 heteroatoms. The van der Waals surface area contributed by atoms with E-state index in [1.807, 2.05) is 0 Å². The Hall–Kier alpha value is -2.64. The quantitative estimate of drug-likeness (QED) is 0.592. The highest BCUT2D eigenvalue weighted by atomic mass is 35.5. The van der Waals surface area contributed by atoms with Crippen LogP contribution in [0.4, 0.5) is 5.69 Å². The van der Waals surface area contributed by atoms with Crippen LogP contribution in [0.2, 0.25) is 5.02 Å². The molecule has 2 aromatic rings. The van der Waals surface area contributed by atoms with Crippen molar-refractivity contribution in [3.05, 3.63) is 63.2 Å². The lowest BCUT2D eigenvalue weighted by atomic mass is 9.91. The van der Waals surface area contributed by atoms with Crippen LogP contribution in [-0.2, 0) is 0 Å². The zero-order valence-electron chi connectivity index (χ0n) is 14.6. The van der Waals surface area contributed by atoms with E-state index in [4.69, 9.17) is 22.1 Å². The molecule has 0 aromatic heterocycles. The third kappa shape index (κ3) is 4.96. The molecule has 3 N–H and O–H groups in total. The number of nitro groups is 1. The Bertz CT molecular complexity index is 833. The first-order valence-corrected chi connectivity index (χ1v) is 9.08. The Morgan fingerprint density at radius 3 is 2.44 bits per heavy atom. The van der Waals surface area contributed by atoms with E-state index in [0.717, 1.165) is 25.7 Å². The summed E-state index contributed by atoms with van der Waals surface area (Å²) in [6.45, 7) is 0. The van der Waals surface area contributed by atoms with Gasteiger partial charge in [0, 0.05) is 28.7 Å². The van der Waals surface area contributed by atoms with Gasteiger partial charge in [0.15, 0.2) is 0 Å². The Morgan fingerprint density at radius 1 is 1.15 bits per heavy atom. The smallest absolute Gasteiger partial charge is 0.313 e. The average Bonchev–Trinajstić information content (AvgIpc) is 2.65. The molecule has 0 heterocycles. The normalized spacial score (nSPS) is 19.3. The molecule has 142 valence electrons. The van der Waals surface area contributed by atoms with Crippen molar-refractivity contribution in [2.45, 2.75) is 37.8 Å². The van der Waals surface area contributed by atoms with Crippen LogP contribution in [0, 0.1) is 10.1 Å². The van der Waals surface area contributed by atoms with Crippen molar-refractivity contribution in [3.8, 4) is 11.5 Å². The standard InChI is InChI=1S/C19H20ClN3O4/c20-13-3-10-18(17(11-13)23(25)26)27-16-8-1-12(2-9-16)19(24)22-15-6-4-14(21)5-7-15/h1-3,8-11,14-15H,4-7,21H2,(H,22,24). The Balaban J connectivity index is 1.65. The van der Waals surface area contributed by atoms with Gasteiger partial charge in [-0.1, -0.05) is 11.6 Å². The largest absolute Gasteiger partial charge is 0.450 e. The van der Waals surface area contributed by atoms with Crippen molar-refractivity contribution in [1.82, 2.24) is 5.32 Å². The molecule has 0 aliphatic heterocycles. The van der Waals surface area contributed by atoms with Gasteiger partial charge < -0.3 is 15.8 Å². The van der Waals surface area contributed by atoms with Gasteiger partial charge in [0.25, 0.3) is 5.91 Å². The fourth-order valence-corrected chi connectivity index (χ4v) is 3.22. The molecule has 0 spiro atoms. The van der Waals surface area contributed by atoms with Crippen LogP contribution in [0.5, 0.6) is 11.5 Å². The molecule has 7 nitrogen and oxygen atoms in total. The van der Waals surface area contributed by atoms with Gasteiger partial charge in [-0.2, -0.15) is 0 Å². The van der Waals surface area contributed by atoms with E-state index in [9.17, 15) is 14.9 Å². The third-order valence-corrected chi connectivity index (χ3v) is 4.80. The molecule has 1 aliphatic carbocycles. The summed E-state index contributed by atoms with van der Waals surface area (Å²) in [5.74, 6) is 0.320. The number of nitrogens with zero attached hydrogens (tertiary/aromatic N) is 1. The summed E-state index contributed by atoms with van der Waals surface area (Å²) in [4.78, 5) is 22.9. The highest BCUT2D eigenvalue weighted by molar-refractivity contribution is 6.30. The first kappa shape index (κ1) is 19.1. The zero-order chi connectivity index (χ0) is 19.4. The van der Waals surface area contributed by atoms with Crippen molar-refractivity contribution in [3.63, 3.8) is 0 Å². The Kier molecular flexibility index (Phi) is 5.93. The van der Waals surface area contributed by atoms with Crippen LogP contribution < -0.4 is 15.8 Å². The molecular formula is C19H20ClN3O4. The van der Waals surface area contributed by atoms with Crippen molar-refractivity contribution in [1.29, 1.82) is 0 Å². The minimum absolute atomic E-state index is 0.0835. The SMILES string of the molecule is NC1CCC(NC(=O)c2ccc(Oc3ccc(Cl)cc3[N+](=O)[O-])cc2)CC1. The van der Waals surface area contributed by atoms with Gasteiger partial charge in [-0.15, -0.1) is 0 Å². The number of carbonyl (C=O) groups excluding carboxylic acids is 1. The summed E-state index contributed by atoms with van der Waals surface area (Å²) >= 11 is 5.80. The maximum absolute atomic E-state index is 12.4. The Labute approximate surface area is 161 Å². The minimum atomic E-state index is -0.556. The summed E-state index contributed by atoms with van der Waals surface area (Å²) in [6, 6.07) is 11.0. The van der Waals surface area contributed by atoms with E-state index in [-0.39, 0.29) is 34.5 Å². The number of amides is 1. The first-order chi connectivity index (χ1) is 12.9. The molecule has 1 amide bonds. The number of hydrogen-bond acceptors (Lipinski definition) is 5. The average molecular weight is 390 g/mol. The number of nitro benzene ring substituents is 1. The van der Waals surface area contributed by atoms with E-state index in [1.54, 1.807) is 24.3 Å². The van der Waals surface area contributed by atoms with E-state index in [1.165, 1.54) is 18.2 Å². The van der Waals surface area contributed by atoms with E-state index >= 15 is 0 Å². The van der Waals surface area contributed by atoms with Gasteiger partial charge in [-0.25, -0.2) is 0 Å². The maximum atomic E-state index is 12.4. The van der Waals surface area contributed by atoms with E-state index < -0.39 is 4.92 Å². The van der Waals surface area contributed by atoms with Crippen LogP contribution in [0.3, 0.4) is 0 Å². The molecule has 1 saturated carbocycles. The molecule has 3 rings (SSSR count). The molecule has 1 fully saturated rings. The first-order valence-electron chi connectivity index (χ1n) is 8.70. The number of rotatable bonds is 5. The summed E-state index contributed by atoms with van der Waals surface area (Å²) < 4.78 is 5.58. The fraction of sp³-hybridized carbons (Fsp3) is 0.316. The van der Waals surface area contributed by atoms with Gasteiger partial charge >= 0.3 is 5.69 Å². The van der Waals surface area contributed by atoms with Gasteiger partial charge in [0.1, 0.15) is 5.75 Å². The van der Waals surface area contributed by atoms with Crippen LogP contribution in [0.1, 0.15) is 36.0 Å². The molecule has 27 heavy (non-hydrogen) atoms. The molecule has 0 bridgehead atoms. The minimum Gasteiger partial charge on any atom is -0.450 e. The second kappa shape index (κ2) is 8.37. The molecule has 1 aliphatic rings. The van der Waals surface area contributed by atoms with Crippen molar-refractivity contribution in [2.24, 2.45) is 5.73 Å². The molecule has 2 aromatic carbocycles. The number of ether oxygens (including phenoxy) is 1. The molecule has 0 unspecified atom stereocenters. The summed E-state index contributed by atoms with van der Waals surface area (Å²) in [5.41, 5.74) is 6.16. The van der Waals surface area contributed by atoms with E-state index in [0.29, 0.717) is 11.3 Å². The maximum Gasteiger partial charge on any atom is 0.313 e. The van der Waals surface area contributed by atoms with Gasteiger partial charge in [0.05, 0.1) is 4.92 Å². The monoisotopic (exact) mass is 389 g/mol. The molecule has 0 radical (unpaired) electrons. The lowest BCUT2D eigenvalue weighted by molar-refractivity contribution is -0.385. The number of nitrogens with two attached hydrogens (primary N) is 1. The van der Waals surface area contributed by atoms with Crippen LogP contribution in [0.25, 0.3) is 0 Å². The molecule has 0 saturated heterocycles. The van der Waals surface area contributed by atoms with Gasteiger partial charge in [-0.05, 0) is 62.1 Å². The van der Waals surface area contributed by atoms with Gasteiger partial charge in [-0.3, -0.25) is 14.9 Å². The summed E-state index contributed by atoms with van der Waals surface area (Å²) in [6.07, 6.45) is 3.60. The van der Waals surface area contributed by atoms with Crippen LogP contribution >= 0.6 is 11.6 Å². The topological polar surface area (TPSA) is 107 Å². The Morgan fingerprint density at radius 2 is 1.81 bits per heavy atom. The molecular weight excluding hydrogens is 370 g/mol. The zero-order valence-corrected chi connectivity index (χ0v) is 15.3. The van der Waals surface area contributed by atoms with E-state index in [2.05, 4.69) is 5.32 Å². The van der Waals surface area contributed by atoms with Crippen LogP contribution in [-0.4, -0.2) is 22.9 Å². The third-order valence-electron chi connectivity index (χ3n) is 4.57. The summed E-state index contributed by atoms with van der Waals surface area (Å²) in [5, 5.41) is 14.4. The fourth-order valence-electron chi connectivity index (χ4n) is 3.05. The molecule has 0 atom stereocenters. The second-order valence-electron chi connectivity index (χ2n) is 6.58. The predicted molar refractivity (Wildman–Crippen MR) is 102 cm³/mol. The highest BCUT2D eigenvalue weighted by Gasteiger charge is 2.21. The lowest BCUT2D eigenvalue weighted by Crippen LogP contribution is -2.40. The number of benzene rings is 2. The summed E-state index contributed by atoms with van der Waals surface area (Å²) in [7, 11) is 0. The van der Waals surface area contributed by atoms with Crippen molar-refractivity contribution in [2.75, 3.05) is 0 Å². The number of nitrogens with one attached hydrogen (secondary N) is 1. The lowest BCUT2D eigenvalue weighted by Gasteiger charge is -2.26.